The molecule has 1 aromatic rings. The normalized spacial score (nSPS) is 12.8. The predicted molar refractivity (Wildman–Crippen MR) is 125 cm³/mol. The Morgan fingerprint density at radius 3 is 1.54 bits per heavy atom. The van der Waals surface area contributed by atoms with Crippen molar-refractivity contribution < 1.29 is 0 Å². The molecule has 0 aliphatic carbocycles. The minimum Gasteiger partial charge on any atom is -0.332 e. The van der Waals surface area contributed by atoms with Crippen LogP contribution in [0, 0.1) is 0 Å². The van der Waals surface area contributed by atoms with E-state index in [4.69, 9.17) is 4.98 Å². The second kappa shape index (κ2) is 17.1. The lowest BCUT2D eigenvalue weighted by atomic mass is 9.93. The highest BCUT2D eigenvalue weighted by molar-refractivity contribution is 5.02. The second-order valence-electron chi connectivity index (χ2n) is 9.16. The number of rotatable bonds is 19. The van der Waals surface area contributed by atoms with Gasteiger partial charge in [-0.15, -0.1) is 0 Å². The molecular formula is C26H50N2. The van der Waals surface area contributed by atoms with Crippen LogP contribution in [-0.2, 0) is 0 Å². The number of unbranched alkanes of at least 4 members (excludes halogenated alkanes) is 13. The maximum Gasteiger partial charge on any atom is 0.111 e. The number of imidazole rings is 1. The van der Waals surface area contributed by atoms with Crippen LogP contribution < -0.4 is 0 Å². The summed E-state index contributed by atoms with van der Waals surface area (Å²) in [6, 6.07) is 0.521. The standard InChI is InChI=1S/C26H50N2/c1-5-7-9-11-13-14-15-17-19-21-25(20-18-16-12-10-8-6-2)26-27-22-23-28(26)24(3)4/h22-25H,5-21H2,1-4H3. The summed E-state index contributed by atoms with van der Waals surface area (Å²) in [5.41, 5.74) is 0. The molecule has 0 N–H and O–H groups in total. The van der Waals surface area contributed by atoms with E-state index in [2.05, 4.69) is 38.5 Å². The van der Waals surface area contributed by atoms with E-state index >= 15 is 0 Å². The first-order chi connectivity index (χ1) is 13.7. The smallest absolute Gasteiger partial charge is 0.111 e. The van der Waals surface area contributed by atoms with Gasteiger partial charge in [-0.3, -0.25) is 0 Å². The Balaban J connectivity index is 2.34. The van der Waals surface area contributed by atoms with Gasteiger partial charge < -0.3 is 4.57 Å². The average Bonchev–Trinajstić information content (AvgIpc) is 3.17. The van der Waals surface area contributed by atoms with Crippen molar-refractivity contribution in [3.05, 3.63) is 18.2 Å². The first-order valence-corrected chi connectivity index (χ1v) is 12.7. The van der Waals surface area contributed by atoms with Crippen molar-refractivity contribution in [1.29, 1.82) is 0 Å². The van der Waals surface area contributed by atoms with Gasteiger partial charge in [0.2, 0.25) is 0 Å². The van der Waals surface area contributed by atoms with Gasteiger partial charge in [0, 0.05) is 24.4 Å². The summed E-state index contributed by atoms with van der Waals surface area (Å²) in [4.78, 5) is 4.79. The Labute approximate surface area is 176 Å². The molecule has 0 spiro atoms. The molecule has 0 aliphatic heterocycles. The molecule has 0 saturated heterocycles. The van der Waals surface area contributed by atoms with E-state index in [0.29, 0.717) is 12.0 Å². The van der Waals surface area contributed by atoms with Gasteiger partial charge in [0.1, 0.15) is 5.82 Å². The molecule has 28 heavy (non-hydrogen) atoms. The number of aromatic nitrogens is 2. The Bertz CT molecular complexity index is 449. The fourth-order valence-electron chi connectivity index (χ4n) is 4.35. The molecule has 1 rings (SSSR count). The fourth-order valence-corrected chi connectivity index (χ4v) is 4.35. The van der Waals surface area contributed by atoms with E-state index in [1.165, 1.54) is 115 Å². The van der Waals surface area contributed by atoms with Crippen molar-refractivity contribution in [3.63, 3.8) is 0 Å². The Morgan fingerprint density at radius 1 is 0.679 bits per heavy atom. The van der Waals surface area contributed by atoms with E-state index < -0.39 is 0 Å². The zero-order valence-corrected chi connectivity index (χ0v) is 19.7. The SMILES string of the molecule is CCCCCCCCCCCC(CCCCCCCC)c1nccn1C(C)C. The molecule has 1 atom stereocenters. The van der Waals surface area contributed by atoms with Gasteiger partial charge in [-0.1, -0.05) is 110 Å². The molecule has 1 unspecified atom stereocenters. The molecule has 0 aliphatic rings. The third-order valence-electron chi connectivity index (χ3n) is 6.18. The molecular weight excluding hydrogens is 340 g/mol. The summed E-state index contributed by atoms with van der Waals surface area (Å²) in [6.07, 6.45) is 27.9. The van der Waals surface area contributed by atoms with Gasteiger partial charge in [-0.2, -0.15) is 0 Å². The zero-order valence-electron chi connectivity index (χ0n) is 19.7. The summed E-state index contributed by atoms with van der Waals surface area (Å²) in [7, 11) is 0. The Morgan fingerprint density at radius 2 is 1.11 bits per heavy atom. The maximum atomic E-state index is 4.79. The van der Waals surface area contributed by atoms with Crippen molar-refractivity contribution in [2.24, 2.45) is 0 Å². The van der Waals surface area contributed by atoms with E-state index in [-0.39, 0.29) is 0 Å². The average molecular weight is 391 g/mol. The summed E-state index contributed by atoms with van der Waals surface area (Å²) in [5.74, 6) is 2.01. The molecule has 2 heteroatoms. The third kappa shape index (κ3) is 11.3. The molecule has 0 bridgehead atoms. The summed E-state index contributed by atoms with van der Waals surface area (Å²) < 4.78 is 2.41. The molecule has 1 aromatic heterocycles. The summed E-state index contributed by atoms with van der Waals surface area (Å²) in [6.45, 7) is 9.16. The highest BCUT2D eigenvalue weighted by atomic mass is 15.1. The van der Waals surface area contributed by atoms with Crippen LogP contribution >= 0.6 is 0 Å². The van der Waals surface area contributed by atoms with Crippen LogP contribution in [0.4, 0.5) is 0 Å². The van der Waals surface area contributed by atoms with Crippen LogP contribution in [0.3, 0.4) is 0 Å². The van der Waals surface area contributed by atoms with Crippen molar-refractivity contribution in [3.8, 4) is 0 Å². The van der Waals surface area contributed by atoms with Gasteiger partial charge in [0.25, 0.3) is 0 Å². The largest absolute Gasteiger partial charge is 0.332 e. The van der Waals surface area contributed by atoms with Gasteiger partial charge in [0.15, 0.2) is 0 Å². The second-order valence-corrected chi connectivity index (χ2v) is 9.16. The fraction of sp³-hybridized carbons (Fsp3) is 0.885. The molecule has 0 radical (unpaired) electrons. The van der Waals surface area contributed by atoms with E-state index in [0.717, 1.165) is 0 Å². The lowest BCUT2D eigenvalue weighted by molar-refractivity contribution is 0.442. The van der Waals surface area contributed by atoms with Crippen LogP contribution in [0.5, 0.6) is 0 Å². The maximum absolute atomic E-state index is 4.79. The molecule has 0 fully saturated rings. The monoisotopic (exact) mass is 390 g/mol. The van der Waals surface area contributed by atoms with Gasteiger partial charge >= 0.3 is 0 Å². The predicted octanol–water partition coefficient (Wildman–Crippen LogP) is 9.22. The molecule has 0 saturated carbocycles. The zero-order chi connectivity index (χ0) is 20.5. The van der Waals surface area contributed by atoms with E-state index in [1.807, 2.05) is 6.20 Å². The topological polar surface area (TPSA) is 17.8 Å². The van der Waals surface area contributed by atoms with Crippen LogP contribution in [0.25, 0.3) is 0 Å². The molecule has 0 aromatic carbocycles. The Hall–Kier alpha value is -0.790. The van der Waals surface area contributed by atoms with Gasteiger partial charge in [-0.25, -0.2) is 4.98 Å². The Kier molecular flexibility index (Phi) is 15.4. The molecule has 1 heterocycles. The lowest BCUT2D eigenvalue weighted by Gasteiger charge is -2.20. The van der Waals surface area contributed by atoms with Crippen LogP contribution in [-0.4, -0.2) is 9.55 Å². The van der Waals surface area contributed by atoms with Crippen LogP contribution in [0.15, 0.2) is 12.4 Å². The van der Waals surface area contributed by atoms with Crippen molar-refractivity contribution >= 4 is 0 Å². The minimum atomic E-state index is 0.521. The number of hydrogen-bond acceptors (Lipinski definition) is 1. The quantitative estimate of drug-likeness (QED) is 0.215. The van der Waals surface area contributed by atoms with E-state index in [9.17, 15) is 0 Å². The highest BCUT2D eigenvalue weighted by Crippen LogP contribution is 2.29. The van der Waals surface area contributed by atoms with Crippen LogP contribution in [0.1, 0.15) is 155 Å². The van der Waals surface area contributed by atoms with Crippen LogP contribution in [0.2, 0.25) is 0 Å². The summed E-state index contributed by atoms with van der Waals surface area (Å²) >= 11 is 0. The van der Waals surface area contributed by atoms with Crippen molar-refractivity contribution in [2.45, 2.75) is 149 Å². The van der Waals surface area contributed by atoms with Crippen molar-refractivity contribution in [2.75, 3.05) is 0 Å². The summed E-state index contributed by atoms with van der Waals surface area (Å²) in [5, 5.41) is 0. The minimum absolute atomic E-state index is 0.521. The number of nitrogens with zero attached hydrogens (tertiary/aromatic N) is 2. The molecule has 2 nitrogen and oxygen atoms in total. The lowest BCUT2D eigenvalue weighted by Crippen LogP contribution is -2.11. The van der Waals surface area contributed by atoms with E-state index in [1.54, 1.807) is 0 Å². The van der Waals surface area contributed by atoms with Gasteiger partial charge in [-0.05, 0) is 26.7 Å². The first-order valence-electron chi connectivity index (χ1n) is 12.7. The van der Waals surface area contributed by atoms with Crippen molar-refractivity contribution in [1.82, 2.24) is 9.55 Å². The third-order valence-corrected chi connectivity index (χ3v) is 6.18. The first kappa shape index (κ1) is 25.2. The molecule has 0 amide bonds. The van der Waals surface area contributed by atoms with Gasteiger partial charge in [0.05, 0.1) is 0 Å². The molecule has 164 valence electrons. The number of hydrogen-bond donors (Lipinski definition) is 0. The highest BCUT2D eigenvalue weighted by Gasteiger charge is 2.17.